The highest BCUT2D eigenvalue weighted by Crippen LogP contribution is 2.18. The van der Waals surface area contributed by atoms with Gasteiger partial charge in [-0.15, -0.1) is 11.3 Å². The van der Waals surface area contributed by atoms with Crippen LogP contribution in [0.5, 0.6) is 0 Å². The first-order valence-corrected chi connectivity index (χ1v) is 7.44. The van der Waals surface area contributed by atoms with Gasteiger partial charge < -0.3 is 10.7 Å². The number of hydrazine groups is 1. The summed E-state index contributed by atoms with van der Waals surface area (Å²) >= 11 is 1.68. The minimum atomic E-state index is -0.0628. The van der Waals surface area contributed by atoms with Gasteiger partial charge in [-0.05, 0) is 54.1 Å². The number of benzene rings is 1. The van der Waals surface area contributed by atoms with Crippen molar-refractivity contribution in [1.82, 2.24) is 5.32 Å². The van der Waals surface area contributed by atoms with Gasteiger partial charge in [-0.3, -0.25) is 10.6 Å². The van der Waals surface area contributed by atoms with E-state index in [-0.39, 0.29) is 5.91 Å². The van der Waals surface area contributed by atoms with Gasteiger partial charge in [0.1, 0.15) is 0 Å². The standard InChI is InChI=1S/C15H19N3OS/c1-3-11-6-7-20-14(11)9-17-15(19)12-4-5-13(18-16)10(2)8-12/h4-8,18H,3,9,16H2,1-2H3,(H,17,19). The molecule has 1 heterocycles. The molecule has 0 aliphatic carbocycles. The molecule has 0 aliphatic rings. The van der Waals surface area contributed by atoms with E-state index in [0.717, 1.165) is 17.7 Å². The molecule has 0 aliphatic heterocycles. The van der Waals surface area contributed by atoms with Crippen LogP contribution in [0.15, 0.2) is 29.6 Å². The maximum atomic E-state index is 12.1. The van der Waals surface area contributed by atoms with Gasteiger partial charge in [-0.2, -0.15) is 0 Å². The third-order valence-electron chi connectivity index (χ3n) is 3.27. The summed E-state index contributed by atoms with van der Waals surface area (Å²) in [6.45, 7) is 4.62. The molecule has 0 atom stereocenters. The Bertz CT molecular complexity index is 607. The number of nitrogen functional groups attached to an aromatic ring is 1. The molecular formula is C15H19N3OS. The number of carbonyl (C=O) groups excluding carboxylic acids is 1. The van der Waals surface area contributed by atoms with Crippen molar-refractivity contribution in [2.75, 3.05) is 5.43 Å². The first-order valence-electron chi connectivity index (χ1n) is 6.56. The Morgan fingerprint density at radius 1 is 1.35 bits per heavy atom. The minimum absolute atomic E-state index is 0.0628. The normalized spacial score (nSPS) is 10.3. The van der Waals surface area contributed by atoms with Gasteiger partial charge in [-0.25, -0.2) is 0 Å². The summed E-state index contributed by atoms with van der Waals surface area (Å²) in [6.07, 6.45) is 0.991. The quantitative estimate of drug-likeness (QED) is 0.585. The van der Waals surface area contributed by atoms with Gasteiger partial charge in [0, 0.05) is 10.4 Å². The molecule has 0 saturated carbocycles. The minimum Gasteiger partial charge on any atom is -0.347 e. The molecule has 2 rings (SSSR count). The lowest BCUT2D eigenvalue weighted by Crippen LogP contribution is -2.23. The van der Waals surface area contributed by atoms with Crippen LogP contribution in [0.1, 0.15) is 33.3 Å². The lowest BCUT2D eigenvalue weighted by molar-refractivity contribution is 0.0951. The van der Waals surface area contributed by atoms with Gasteiger partial charge in [0.05, 0.1) is 12.2 Å². The number of thiophene rings is 1. The monoisotopic (exact) mass is 289 g/mol. The summed E-state index contributed by atoms with van der Waals surface area (Å²) < 4.78 is 0. The molecule has 0 spiro atoms. The van der Waals surface area contributed by atoms with Gasteiger partial charge in [0.25, 0.3) is 5.91 Å². The third-order valence-corrected chi connectivity index (χ3v) is 4.24. The number of rotatable bonds is 5. The summed E-state index contributed by atoms with van der Waals surface area (Å²) in [5, 5.41) is 5.02. The number of hydrogen-bond acceptors (Lipinski definition) is 4. The molecular weight excluding hydrogens is 270 g/mol. The number of nitrogens with two attached hydrogens (primary N) is 1. The molecule has 5 heteroatoms. The van der Waals surface area contributed by atoms with Crippen molar-refractivity contribution in [1.29, 1.82) is 0 Å². The highest BCUT2D eigenvalue weighted by atomic mass is 32.1. The van der Waals surface area contributed by atoms with Crippen LogP contribution < -0.4 is 16.6 Å². The van der Waals surface area contributed by atoms with Gasteiger partial charge in [0.15, 0.2) is 0 Å². The molecule has 0 fully saturated rings. The maximum Gasteiger partial charge on any atom is 0.251 e. The van der Waals surface area contributed by atoms with Crippen LogP contribution in [0.25, 0.3) is 0 Å². The van der Waals surface area contributed by atoms with Crippen molar-refractivity contribution >= 4 is 22.9 Å². The molecule has 4 nitrogen and oxygen atoms in total. The van der Waals surface area contributed by atoms with Crippen molar-refractivity contribution in [3.63, 3.8) is 0 Å². The topological polar surface area (TPSA) is 67.2 Å². The highest BCUT2D eigenvalue weighted by Gasteiger charge is 2.09. The largest absolute Gasteiger partial charge is 0.347 e. The fourth-order valence-corrected chi connectivity index (χ4v) is 2.98. The first kappa shape index (κ1) is 14.6. The van der Waals surface area contributed by atoms with Crippen molar-refractivity contribution in [3.8, 4) is 0 Å². The van der Waals surface area contributed by atoms with Crippen LogP contribution in [-0.2, 0) is 13.0 Å². The van der Waals surface area contributed by atoms with Gasteiger partial charge in [-0.1, -0.05) is 6.92 Å². The van der Waals surface area contributed by atoms with Crippen molar-refractivity contribution in [2.45, 2.75) is 26.8 Å². The Labute approximate surface area is 123 Å². The van der Waals surface area contributed by atoms with Crippen LogP contribution in [0.3, 0.4) is 0 Å². The highest BCUT2D eigenvalue weighted by molar-refractivity contribution is 7.10. The molecule has 1 aromatic carbocycles. The van der Waals surface area contributed by atoms with E-state index in [2.05, 4.69) is 29.1 Å². The SMILES string of the molecule is CCc1ccsc1CNC(=O)c1ccc(NN)c(C)c1. The second kappa shape index (κ2) is 6.54. The van der Waals surface area contributed by atoms with E-state index >= 15 is 0 Å². The fourth-order valence-electron chi connectivity index (χ4n) is 2.07. The average molecular weight is 289 g/mol. The second-order valence-corrected chi connectivity index (χ2v) is 5.58. The van der Waals surface area contributed by atoms with Crippen molar-refractivity contribution < 1.29 is 4.79 Å². The zero-order valence-electron chi connectivity index (χ0n) is 11.7. The number of nitrogens with one attached hydrogen (secondary N) is 2. The number of hydrogen-bond donors (Lipinski definition) is 3. The van der Waals surface area contributed by atoms with Crippen LogP contribution in [-0.4, -0.2) is 5.91 Å². The number of aryl methyl sites for hydroxylation is 2. The molecule has 1 amide bonds. The average Bonchev–Trinajstić information content (AvgIpc) is 2.92. The van der Waals surface area contributed by atoms with E-state index in [0.29, 0.717) is 12.1 Å². The molecule has 0 unspecified atom stereocenters. The molecule has 106 valence electrons. The predicted octanol–water partition coefficient (Wildman–Crippen LogP) is 2.83. The number of carbonyl (C=O) groups is 1. The zero-order valence-corrected chi connectivity index (χ0v) is 12.5. The molecule has 4 N–H and O–H groups in total. The Hall–Kier alpha value is -1.85. The summed E-state index contributed by atoms with van der Waals surface area (Å²) in [4.78, 5) is 13.4. The van der Waals surface area contributed by atoms with E-state index in [1.165, 1.54) is 10.4 Å². The van der Waals surface area contributed by atoms with E-state index in [1.807, 2.05) is 19.1 Å². The molecule has 0 radical (unpaired) electrons. The van der Waals surface area contributed by atoms with Crippen molar-refractivity contribution in [2.24, 2.45) is 5.84 Å². The molecule has 1 aromatic heterocycles. The van der Waals surface area contributed by atoms with Crippen LogP contribution in [0.4, 0.5) is 5.69 Å². The second-order valence-electron chi connectivity index (χ2n) is 4.58. The Kier molecular flexibility index (Phi) is 4.76. The Balaban J connectivity index is 2.03. The lowest BCUT2D eigenvalue weighted by Gasteiger charge is -2.09. The fraction of sp³-hybridized carbons (Fsp3) is 0.267. The number of amides is 1. The Morgan fingerprint density at radius 2 is 2.15 bits per heavy atom. The predicted molar refractivity (Wildman–Crippen MR) is 83.9 cm³/mol. The number of anilines is 1. The first-order chi connectivity index (χ1) is 9.65. The summed E-state index contributed by atoms with van der Waals surface area (Å²) in [5.41, 5.74) is 6.33. The third kappa shape index (κ3) is 3.18. The van der Waals surface area contributed by atoms with Crippen molar-refractivity contribution in [3.05, 3.63) is 51.2 Å². The van der Waals surface area contributed by atoms with Crippen LogP contribution in [0, 0.1) is 6.92 Å². The lowest BCUT2D eigenvalue weighted by atomic mass is 10.1. The Morgan fingerprint density at radius 3 is 2.80 bits per heavy atom. The smallest absolute Gasteiger partial charge is 0.251 e. The van der Waals surface area contributed by atoms with E-state index in [1.54, 1.807) is 17.4 Å². The van der Waals surface area contributed by atoms with E-state index < -0.39 is 0 Å². The van der Waals surface area contributed by atoms with Crippen LogP contribution >= 0.6 is 11.3 Å². The summed E-state index contributed by atoms with van der Waals surface area (Å²) in [6, 6.07) is 7.53. The van der Waals surface area contributed by atoms with Gasteiger partial charge >= 0.3 is 0 Å². The zero-order chi connectivity index (χ0) is 14.5. The molecule has 2 aromatic rings. The van der Waals surface area contributed by atoms with E-state index in [9.17, 15) is 4.79 Å². The molecule has 20 heavy (non-hydrogen) atoms. The molecule has 0 saturated heterocycles. The van der Waals surface area contributed by atoms with Crippen LogP contribution in [0.2, 0.25) is 0 Å². The summed E-state index contributed by atoms with van der Waals surface area (Å²) in [5.74, 6) is 5.32. The molecule has 0 bridgehead atoms. The maximum absolute atomic E-state index is 12.1. The van der Waals surface area contributed by atoms with E-state index in [4.69, 9.17) is 5.84 Å². The summed E-state index contributed by atoms with van der Waals surface area (Å²) in [7, 11) is 0. The van der Waals surface area contributed by atoms with Gasteiger partial charge in [0.2, 0.25) is 0 Å².